The lowest BCUT2D eigenvalue weighted by molar-refractivity contribution is -0.529. The van der Waals surface area contributed by atoms with Gasteiger partial charge < -0.3 is 14.6 Å². The van der Waals surface area contributed by atoms with Gasteiger partial charge in [-0.3, -0.25) is 19.1 Å². The van der Waals surface area contributed by atoms with E-state index in [9.17, 15) is 14.7 Å². The van der Waals surface area contributed by atoms with E-state index in [-0.39, 0.29) is 47.3 Å². The van der Waals surface area contributed by atoms with Gasteiger partial charge in [0.15, 0.2) is 11.6 Å². The third-order valence-electron chi connectivity index (χ3n) is 9.71. The number of hydrogen-bond acceptors (Lipinski definition) is 7. The minimum absolute atomic E-state index is 0.00833. The smallest absolute Gasteiger partial charge is 0.393 e. The third-order valence-corrected chi connectivity index (χ3v) is 9.71. The first kappa shape index (κ1) is 24.3. The summed E-state index contributed by atoms with van der Waals surface area (Å²) in [5.74, 6) is 0.537. The van der Waals surface area contributed by atoms with Crippen molar-refractivity contribution in [1.82, 2.24) is 0 Å². The van der Waals surface area contributed by atoms with Crippen LogP contribution in [0.3, 0.4) is 0 Å². The number of carbonyl (C=O) groups is 2. The first-order valence-electron chi connectivity index (χ1n) is 12.8. The molecule has 4 aliphatic carbocycles. The number of ketones is 2. The molecule has 1 heterocycles. The molecule has 0 bridgehead atoms. The molecule has 0 aromatic heterocycles. The Balaban J connectivity index is 1.55. The molecule has 0 radical (unpaired) electrons. The number of fused-ring (bicyclic) bond motifs is 6. The highest BCUT2D eigenvalue weighted by atomic mass is 17.0. The van der Waals surface area contributed by atoms with E-state index in [1.807, 2.05) is 19.9 Å². The molecule has 5 aliphatic rings. The van der Waals surface area contributed by atoms with E-state index in [0.29, 0.717) is 26.1 Å². The van der Waals surface area contributed by atoms with E-state index >= 15 is 0 Å². The molecule has 1 N–H and O–H groups in total. The van der Waals surface area contributed by atoms with Crippen LogP contribution < -0.4 is 0 Å². The SMILES string of the molecule is CCOC1(OCC)OCC(=O)[C@]2(CC[C@H]3[C@@H]4C[C@H](C)C5=CC(=O)C=C[C@]5(C)[C@H]4C(O)C[C@@]32C)O1. The maximum atomic E-state index is 13.5. The van der Waals surface area contributed by atoms with E-state index in [1.165, 1.54) is 0 Å². The predicted molar refractivity (Wildman–Crippen MR) is 123 cm³/mol. The molecule has 1 saturated heterocycles. The van der Waals surface area contributed by atoms with Crippen molar-refractivity contribution in [3.63, 3.8) is 0 Å². The summed E-state index contributed by atoms with van der Waals surface area (Å²) in [7, 11) is 0. The lowest BCUT2D eigenvalue weighted by Crippen LogP contribution is -2.68. The summed E-state index contributed by atoms with van der Waals surface area (Å²) in [5.41, 5.74) is -0.959. The van der Waals surface area contributed by atoms with Crippen LogP contribution in [-0.2, 0) is 28.5 Å². The number of allylic oxidation sites excluding steroid dienone is 4. The van der Waals surface area contributed by atoms with Gasteiger partial charge in [-0.1, -0.05) is 32.4 Å². The van der Waals surface area contributed by atoms with Crippen molar-refractivity contribution >= 4 is 11.6 Å². The second kappa shape index (κ2) is 8.07. The van der Waals surface area contributed by atoms with Gasteiger partial charge in [-0.15, -0.1) is 0 Å². The minimum Gasteiger partial charge on any atom is -0.393 e. The largest absolute Gasteiger partial charge is 0.414 e. The minimum atomic E-state index is -1.70. The number of ether oxygens (including phenoxy) is 4. The van der Waals surface area contributed by atoms with Crippen LogP contribution in [0.4, 0.5) is 0 Å². The topological polar surface area (TPSA) is 91.3 Å². The van der Waals surface area contributed by atoms with Crippen molar-refractivity contribution in [3.05, 3.63) is 23.8 Å². The van der Waals surface area contributed by atoms with Gasteiger partial charge in [-0.05, 0) is 69.4 Å². The Morgan fingerprint density at radius 3 is 2.56 bits per heavy atom. The summed E-state index contributed by atoms with van der Waals surface area (Å²) < 4.78 is 23.8. The molecule has 5 rings (SSSR count). The fourth-order valence-corrected chi connectivity index (χ4v) is 8.47. The molecule has 0 aromatic rings. The number of rotatable bonds is 4. The van der Waals surface area contributed by atoms with Gasteiger partial charge in [0.2, 0.25) is 0 Å². The molecular formula is C27H38O7. The van der Waals surface area contributed by atoms with Gasteiger partial charge in [-0.25, -0.2) is 0 Å². The molecule has 7 nitrogen and oxygen atoms in total. The summed E-state index contributed by atoms with van der Waals surface area (Å²) in [4.78, 5) is 25.7. The van der Waals surface area contributed by atoms with Crippen molar-refractivity contribution in [2.45, 2.75) is 78.2 Å². The Kier molecular flexibility index (Phi) is 5.77. The van der Waals surface area contributed by atoms with Crippen LogP contribution >= 0.6 is 0 Å². The second-order valence-electron chi connectivity index (χ2n) is 11.3. The van der Waals surface area contributed by atoms with Crippen LogP contribution in [0.1, 0.15) is 60.3 Å². The van der Waals surface area contributed by atoms with Crippen LogP contribution in [0.25, 0.3) is 0 Å². The first-order chi connectivity index (χ1) is 16.1. The van der Waals surface area contributed by atoms with Crippen molar-refractivity contribution in [1.29, 1.82) is 0 Å². The Hall–Kier alpha value is -1.38. The van der Waals surface area contributed by atoms with Crippen LogP contribution in [0.2, 0.25) is 0 Å². The third kappa shape index (κ3) is 3.13. The van der Waals surface area contributed by atoms with Crippen molar-refractivity contribution in [2.24, 2.45) is 34.5 Å². The monoisotopic (exact) mass is 474 g/mol. The second-order valence-corrected chi connectivity index (χ2v) is 11.3. The lowest BCUT2D eigenvalue weighted by atomic mass is 9.44. The molecule has 4 fully saturated rings. The van der Waals surface area contributed by atoms with Crippen molar-refractivity contribution in [3.8, 4) is 0 Å². The van der Waals surface area contributed by atoms with Gasteiger partial charge >= 0.3 is 6.16 Å². The number of aliphatic hydroxyl groups excluding tert-OH is 1. The summed E-state index contributed by atoms with van der Waals surface area (Å²) in [6.07, 6.45) is 5.81. The highest BCUT2D eigenvalue weighted by Crippen LogP contribution is 2.69. The molecule has 188 valence electrons. The predicted octanol–water partition coefficient (Wildman–Crippen LogP) is 3.55. The molecule has 8 atom stereocenters. The number of aliphatic hydroxyl groups is 1. The number of hydrogen-bond donors (Lipinski definition) is 1. The zero-order valence-corrected chi connectivity index (χ0v) is 21.0. The molecule has 1 aliphatic heterocycles. The summed E-state index contributed by atoms with van der Waals surface area (Å²) >= 11 is 0. The Labute approximate surface area is 201 Å². The van der Waals surface area contributed by atoms with Gasteiger partial charge in [0, 0.05) is 16.7 Å². The summed E-state index contributed by atoms with van der Waals surface area (Å²) in [6, 6.07) is 0. The maximum Gasteiger partial charge on any atom is 0.414 e. The van der Waals surface area contributed by atoms with E-state index in [4.69, 9.17) is 18.9 Å². The molecule has 1 unspecified atom stereocenters. The van der Waals surface area contributed by atoms with Crippen molar-refractivity contribution < 1.29 is 33.6 Å². The normalized spacial score (nSPS) is 47.2. The fourth-order valence-electron chi connectivity index (χ4n) is 8.47. The van der Waals surface area contributed by atoms with Gasteiger partial charge in [0.1, 0.15) is 12.2 Å². The average molecular weight is 475 g/mol. The number of Topliss-reactive ketones (excluding diaryl/α,β-unsaturated/α-hetero) is 1. The molecule has 0 aromatic carbocycles. The quantitative estimate of drug-likeness (QED) is 0.623. The first-order valence-corrected chi connectivity index (χ1v) is 12.8. The van der Waals surface area contributed by atoms with E-state index < -0.39 is 23.3 Å². The van der Waals surface area contributed by atoms with Crippen molar-refractivity contribution in [2.75, 3.05) is 19.8 Å². The van der Waals surface area contributed by atoms with E-state index in [0.717, 1.165) is 18.4 Å². The molecule has 3 saturated carbocycles. The molecule has 1 spiro atoms. The highest BCUT2D eigenvalue weighted by Gasteiger charge is 2.72. The molecule has 7 heteroatoms. The Morgan fingerprint density at radius 1 is 1.18 bits per heavy atom. The Bertz CT molecular complexity index is 933. The molecule has 0 amide bonds. The standard InChI is InChI=1S/C27H38O7/c1-6-31-27(32-7-2)33-15-22(30)26(34-27)11-9-19-18-12-16(3)20-13-17(28)8-10-24(20,4)23(18)21(29)14-25(19,26)5/h8,10,13,16,18-19,21,23,29H,6-7,9,11-12,14-15H2,1-5H3/t16-,18-,19-,21?,23+,24-,25-,26-/m0/s1. The van der Waals surface area contributed by atoms with Gasteiger partial charge in [0.25, 0.3) is 0 Å². The zero-order valence-electron chi connectivity index (χ0n) is 21.0. The Morgan fingerprint density at radius 2 is 1.88 bits per heavy atom. The highest BCUT2D eigenvalue weighted by molar-refractivity contribution is 6.01. The van der Waals surface area contributed by atoms with E-state index in [2.05, 4.69) is 20.8 Å². The summed E-state index contributed by atoms with van der Waals surface area (Å²) in [5, 5.41) is 11.7. The molecular weight excluding hydrogens is 436 g/mol. The summed E-state index contributed by atoms with van der Waals surface area (Å²) in [6.45, 7) is 10.6. The zero-order chi connectivity index (χ0) is 24.5. The van der Waals surface area contributed by atoms with Crippen LogP contribution in [0, 0.1) is 34.5 Å². The molecule has 34 heavy (non-hydrogen) atoms. The van der Waals surface area contributed by atoms with Gasteiger partial charge in [0.05, 0.1) is 19.3 Å². The fraction of sp³-hybridized carbons (Fsp3) is 0.778. The van der Waals surface area contributed by atoms with Crippen LogP contribution in [-0.4, -0.2) is 54.4 Å². The number of carbonyl (C=O) groups excluding carboxylic acids is 2. The van der Waals surface area contributed by atoms with Crippen LogP contribution in [0.15, 0.2) is 23.8 Å². The maximum absolute atomic E-state index is 13.5. The van der Waals surface area contributed by atoms with Gasteiger partial charge in [-0.2, -0.15) is 0 Å². The van der Waals surface area contributed by atoms with Crippen LogP contribution in [0.5, 0.6) is 0 Å². The van der Waals surface area contributed by atoms with E-state index in [1.54, 1.807) is 12.2 Å². The average Bonchev–Trinajstić information content (AvgIpc) is 3.05. The lowest BCUT2D eigenvalue weighted by Gasteiger charge is -2.62.